The molecule has 0 aliphatic heterocycles. The molecule has 1 rings (SSSR count). The van der Waals surface area contributed by atoms with Crippen LogP contribution in [-0.2, 0) is 9.53 Å². The maximum Gasteiger partial charge on any atom is 0.325 e. The maximum atomic E-state index is 11.6. The highest BCUT2D eigenvalue weighted by atomic mass is 16.6. The molecule has 0 aromatic rings. The molecule has 0 amide bonds. The lowest BCUT2D eigenvalue weighted by atomic mass is 9.97. The topological polar surface area (TPSA) is 62.7 Å². The van der Waals surface area contributed by atoms with E-state index in [1.807, 2.05) is 20.8 Å². The molecule has 0 unspecified atom stereocenters. The van der Waals surface area contributed by atoms with Crippen LogP contribution in [0.4, 0.5) is 0 Å². The first-order valence-electron chi connectivity index (χ1n) is 7.75. The fourth-order valence-corrected chi connectivity index (χ4v) is 2.23. The number of nitrogens with zero attached hydrogens (tertiary/aromatic N) is 1. The zero-order chi connectivity index (χ0) is 15.7. The molecular formula is C16H29N3O2. The molecule has 0 spiro atoms. The molecule has 0 fully saturated rings. The molecule has 0 bridgehead atoms. The summed E-state index contributed by atoms with van der Waals surface area (Å²) in [6.07, 6.45) is 8.43. The first-order valence-corrected chi connectivity index (χ1v) is 7.75. The fraction of sp³-hybridized carbons (Fsp3) is 0.750. The van der Waals surface area contributed by atoms with Gasteiger partial charge in [0, 0.05) is 13.6 Å². The van der Waals surface area contributed by atoms with Gasteiger partial charge in [0.1, 0.15) is 12.1 Å². The van der Waals surface area contributed by atoms with E-state index in [0.717, 1.165) is 13.0 Å². The van der Waals surface area contributed by atoms with Crippen LogP contribution in [-0.4, -0.2) is 37.7 Å². The molecule has 0 saturated carbocycles. The van der Waals surface area contributed by atoms with Gasteiger partial charge in [-0.25, -0.2) is 0 Å². The Balaban J connectivity index is 2.23. The Bertz CT molecular complexity index is 395. The second kappa shape index (κ2) is 8.70. The fourth-order valence-electron chi connectivity index (χ4n) is 2.23. The molecule has 0 saturated heterocycles. The molecular weight excluding hydrogens is 266 g/mol. The van der Waals surface area contributed by atoms with Gasteiger partial charge in [-0.2, -0.15) is 0 Å². The van der Waals surface area contributed by atoms with E-state index in [1.165, 1.54) is 31.3 Å². The summed E-state index contributed by atoms with van der Waals surface area (Å²) in [6.45, 7) is 6.53. The Morgan fingerprint density at radius 1 is 1.33 bits per heavy atom. The average molecular weight is 295 g/mol. The molecule has 5 nitrogen and oxygen atoms in total. The van der Waals surface area contributed by atoms with Gasteiger partial charge in [0.25, 0.3) is 0 Å². The SMILES string of the molecule is CN=C(NCCC1=CCCCC1)NCC(=O)OC(C)(C)C. The number of hydrogen-bond acceptors (Lipinski definition) is 3. The normalized spacial score (nSPS) is 16.2. The van der Waals surface area contributed by atoms with Gasteiger partial charge < -0.3 is 15.4 Å². The van der Waals surface area contributed by atoms with Crippen LogP contribution in [0, 0.1) is 0 Å². The van der Waals surface area contributed by atoms with E-state index in [0.29, 0.717) is 5.96 Å². The smallest absolute Gasteiger partial charge is 0.325 e. The minimum Gasteiger partial charge on any atom is -0.459 e. The molecule has 1 aliphatic rings. The molecule has 0 atom stereocenters. The van der Waals surface area contributed by atoms with Crippen LogP contribution in [0.2, 0.25) is 0 Å². The van der Waals surface area contributed by atoms with Crippen molar-refractivity contribution in [3.8, 4) is 0 Å². The van der Waals surface area contributed by atoms with Gasteiger partial charge in [-0.1, -0.05) is 11.6 Å². The van der Waals surface area contributed by atoms with Crippen LogP contribution in [0.1, 0.15) is 52.9 Å². The van der Waals surface area contributed by atoms with Crippen LogP contribution in [0.15, 0.2) is 16.6 Å². The minimum absolute atomic E-state index is 0.125. The van der Waals surface area contributed by atoms with E-state index in [-0.39, 0.29) is 12.5 Å². The number of ether oxygens (including phenoxy) is 1. The van der Waals surface area contributed by atoms with E-state index in [1.54, 1.807) is 7.05 Å². The largest absolute Gasteiger partial charge is 0.459 e. The van der Waals surface area contributed by atoms with Crippen molar-refractivity contribution in [2.24, 2.45) is 4.99 Å². The number of hydrogen-bond donors (Lipinski definition) is 2. The summed E-state index contributed by atoms with van der Waals surface area (Å²) in [7, 11) is 1.70. The van der Waals surface area contributed by atoms with Gasteiger partial charge in [0.15, 0.2) is 5.96 Å². The van der Waals surface area contributed by atoms with Crippen molar-refractivity contribution in [2.75, 3.05) is 20.1 Å². The lowest BCUT2D eigenvalue weighted by Gasteiger charge is -2.20. The van der Waals surface area contributed by atoms with Gasteiger partial charge in [-0.15, -0.1) is 0 Å². The van der Waals surface area contributed by atoms with E-state index in [2.05, 4.69) is 21.7 Å². The van der Waals surface area contributed by atoms with E-state index in [4.69, 9.17) is 4.74 Å². The Morgan fingerprint density at radius 2 is 2.10 bits per heavy atom. The van der Waals surface area contributed by atoms with Crippen molar-refractivity contribution in [1.82, 2.24) is 10.6 Å². The van der Waals surface area contributed by atoms with Gasteiger partial charge in [-0.05, 0) is 52.9 Å². The highest BCUT2D eigenvalue weighted by molar-refractivity contribution is 5.84. The molecule has 0 radical (unpaired) electrons. The summed E-state index contributed by atoms with van der Waals surface area (Å²) in [5.74, 6) is 0.359. The zero-order valence-corrected chi connectivity index (χ0v) is 13.8. The Labute approximate surface area is 128 Å². The molecule has 0 heterocycles. The van der Waals surface area contributed by atoms with Gasteiger partial charge >= 0.3 is 5.97 Å². The Kier molecular flexibility index (Phi) is 7.26. The number of carbonyl (C=O) groups excluding carboxylic acids is 1. The number of carbonyl (C=O) groups is 1. The second-order valence-corrected chi connectivity index (χ2v) is 6.30. The van der Waals surface area contributed by atoms with E-state index < -0.39 is 5.60 Å². The molecule has 2 N–H and O–H groups in total. The van der Waals surface area contributed by atoms with Crippen molar-refractivity contribution in [1.29, 1.82) is 0 Å². The Morgan fingerprint density at radius 3 is 2.67 bits per heavy atom. The summed E-state index contributed by atoms with van der Waals surface area (Å²) in [4.78, 5) is 15.7. The molecule has 0 aromatic carbocycles. The number of aliphatic imine (C=N–C) groups is 1. The predicted molar refractivity (Wildman–Crippen MR) is 86.4 cm³/mol. The monoisotopic (exact) mass is 295 g/mol. The highest BCUT2D eigenvalue weighted by Crippen LogP contribution is 2.19. The highest BCUT2D eigenvalue weighted by Gasteiger charge is 2.16. The maximum absolute atomic E-state index is 11.6. The summed E-state index contributed by atoms with van der Waals surface area (Å²) < 4.78 is 5.24. The summed E-state index contributed by atoms with van der Waals surface area (Å²) in [5, 5.41) is 6.20. The number of allylic oxidation sites excluding steroid dienone is 1. The Hall–Kier alpha value is -1.52. The molecule has 120 valence electrons. The zero-order valence-electron chi connectivity index (χ0n) is 13.8. The van der Waals surface area contributed by atoms with Gasteiger partial charge in [-0.3, -0.25) is 9.79 Å². The number of esters is 1. The lowest BCUT2D eigenvalue weighted by Crippen LogP contribution is -2.42. The van der Waals surface area contributed by atoms with Crippen molar-refractivity contribution >= 4 is 11.9 Å². The quantitative estimate of drug-likeness (QED) is 0.354. The molecule has 21 heavy (non-hydrogen) atoms. The molecule has 0 aromatic heterocycles. The van der Waals surface area contributed by atoms with E-state index in [9.17, 15) is 4.79 Å². The van der Waals surface area contributed by atoms with Crippen molar-refractivity contribution in [2.45, 2.75) is 58.5 Å². The van der Waals surface area contributed by atoms with Crippen LogP contribution in [0.25, 0.3) is 0 Å². The van der Waals surface area contributed by atoms with E-state index >= 15 is 0 Å². The summed E-state index contributed by atoms with van der Waals surface area (Å²) in [6, 6.07) is 0. The number of rotatable bonds is 5. The number of nitrogens with one attached hydrogen (secondary N) is 2. The molecule has 1 aliphatic carbocycles. The van der Waals surface area contributed by atoms with Gasteiger partial charge in [0.2, 0.25) is 0 Å². The first kappa shape index (κ1) is 17.5. The molecule has 5 heteroatoms. The van der Waals surface area contributed by atoms with Crippen LogP contribution >= 0.6 is 0 Å². The summed E-state index contributed by atoms with van der Waals surface area (Å²) in [5.41, 5.74) is 1.07. The standard InChI is InChI=1S/C16H29N3O2/c1-16(2,3)21-14(20)12-19-15(17-4)18-11-10-13-8-6-5-7-9-13/h8H,5-7,9-12H2,1-4H3,(H2,17,18,19). The first-order chi connectivity index (χ1) is 9.90. The van der Waals surface area contributed by atoms with Crippen LogP contribution in [0.5, 0.6) is 0 Å². The van der Waals surface area contributed by atoms with Gasteiger partial charge in [0.05, 0.1) is 0 Å². The van der Waals surface area contributed by atoms with Crippen molar-refractivity contribution < 1.29 is 9.53 Å². The summed E-state index contributed by atoms with van der Waals surface area (Å²) >= 11 is 0. The third-order valence-electron chi connectivity index (χ3n) is 3.17. The van der Waals surface area contributed by atoms with Crippen LogP contribution < -0.4 is 10.6 Å². The second-order valence-electron chi connectivity index (χ2n) is 6.30. The van der Waals surface area contributed by atoms with Crippen LogP contribution in [0.3, 0.4) is 0 Å². The minimum atomic E-state index is -0.455. The number of guanidine groups is 1. The third kappa shape index (κ3) is 8.38. The average Bonchev–Trinajstić information content (AvgIpc) is 2.42. The lowest BCUT2D eigenvalue weighted by molar-refractivity contribution is -0.153. The van der Waals surface area contributed by atoms with Crippen molar-refractivity contribution in [3.63, 3.8) is 0 Å². The predicted octanol–water partition coefficient (Wildman–Crippen LogP) is 2.38. The van der Waals surface area contributed by atoms with Crippen molar-refractivity contribution in [3.05, 3.63) is 11.6 Å². The third-order valence-corrected chi connectivity index (χ3v) is 3.17.